The SMILES string of the molecule is N#CCOC1CCCc2ccccc21. The van der Waals surface area contributed by atoms with Gasteiger partial charge in [-0.15, -0.1) is 0 Å². The van der Waals surface area contributed by atoms with E-state index in [-0.39, 0.29) is 12.7 Å². The summed E-state index contributed by atoms with van der Waals surface area (Å²) in [4.78, 5) is 0. The van der Waals surface area contributed by atoms with Gasteiger partial charge in [0.2, 0.25) is 0 Å². The fourth-order valence-electron chi connectivity index (χ4n) is 2.02. The fourth-order valence-corrected chi connectivity index (χ4v) is 2.02. The van der Waals surface area contributed by atoms with Crippen LogP contribution in [0.15, 0.2) is 24.3 Å². The van der Waals surface area contributed by atoms with Gasteiger partial charge in [0.1, 0.15) is 6.61 Å². The molecule has 0 spiro atoms. The lowest BCUT2D eigenvalue weighted by molar-refractivity contribution is 0.0636. The van der Waals surface area contributed by atoms with Crippen LogP contribution >= 0.6 is 0 Å². The summed E-state index contributed by atoms with van der Waals surface area (Å²) in [5.41, 5.74) is 2.65. The van der Waals surface area contributed by atoms with Gasteiger partial charge in [0.05, 0.1) is 12.2 Å². The second-order valence-electron chi connectivity index (χ2n) is 3.55. The number of hydrogen-bond acceptors (Lipinski definition) is 2. The highest BCUT2D eigenvalue weighted by molar-refractivity contribution is 5.31. The summed E-state index contributed by atoms with van der Waals surface area (Å²) in [7, 11) is 0. The van der Waals surface area contributed by atoms with E-state index in [1.807, 2.05) is 12.1 Å². The lowest BCUT2D eigenvalue weighted by Crippen LogP contribution is -2.12. The van der Waals surface area contributed by atoms with E-state index >= 15 is 0 Å². The highest BCUT2D eigenvalue weighted by atomic mass is 16.5. The van der Waals surface area contributed by atoms with E-state index in [0.29, 0.717) is 0 Å². The van der Waals surface area contributed by atoms with Crippen molar-refractivity contribution in [3.8, 4) is 6.07 Å². The number of aryl methyl sites for hydroxylation is 1. The van der Waals surface area contributed by atoms with E-state index < -0.39 is 0 Å². The molecule has 0 saturated heterocycles. The van der Waals surface area contributed by atoms with Crippen molar-refractivity contribution < 1.29 is 4.74 Å². The van der Waals surface area contributed by atoms with Crippen molar-refractivity contribution in [1.82, 2.24) is 0 Å². The zero-order valence-corrected chi connectivity index (χ0v) is 8.07. The standard InChI is InChI=1S/C12H13NO/c13-8-9-14-12-7-3-5-10-4-1-2-6-11(10)12/h1-2,4,6,12H,3,5,7,9H2. The molecule has 0 fully saturated rings. The monoisotopic (exact) mass is 187 g/mol. The second-order valence-corrected chi connectivity index (χ2v) is 3.55. The quantitative estimate of drug-likeness (QED) is 0.713. The molecule has 1 aliphatic rings. The maximum atomic E-state index is 8.47. The molecular formula is C12H13NO. The van der Waals surface area contributed by atoms with Crippen molar-refractivity contribution in [3.05, 3.63) is 35.4 Å². The number of fused-ring (bicyclic) bond motifs is 1. The van der Waals surface area contributed by atoms with Crippen LogP contribution in [0.25, 0.3) is 0 Å². The zero-order valence-electron chi connectivity index (χ0n) is 8.07. The van der Waals surface area contributed by atoms with Crippen LogP contribution in [0.2, 0.25) is 0 Å². The lowest BCUT2D eigenvalue weighted by Gasteiger charge is -2.24. The Morgan fingerprint density at radius 2 is 2.29 bits per heavy atom. The van der Waals surface area contributed by atoms with E-state index in [0.717, 1.165) is 19.3 Å². The summed E-state index contributed by atoms with van der Waals surface area (Å²) >= 11 is 0. The molecule has 0 heterocycles. The van der Waals surface area contributed by atoms with Crippen molar-refractivity contribution in [2.75, 3.05) is 6.61 Å². The Bertz CT molecular complexity index is 354. The Hall–Kier alpha value is -1.33. The smallest absolute Gasteiger partial charge is 0.134 e. The summed E-state index contributed by atoms with van der Waals surface area (Å²) in [5.74, 6) is 0. The number of benzene rings is 1. The second kappa shape index (κ2) is 4.26. The molecule has 1 aromatic carbocycles. The first kappa shape index (κ1) is 9.23. The third-order valence-electron chi connectivity index (χ3n) is 2.66. The summed E-state index contributed by atoms with van der Waals surface area (Å²) < 4.78 is 5.50. The molecule has 2 heteroatoms. The maximum absolute atomic E-state index is 8.47. The molecule has 72 valence electrons. The minimum Gasteiger partial charge on any atom is -0.359 e. The molecule has 0 radical (unpaired) electrons. The molecule has 0 aliphatic heterocycles. The van der Waals surface area contributed by atoms with Gasteiger partial charge in [-0.3, -0.25) is 0 Å². The molecule has 0 aromatic heterocycles. The summed E-state index contributed by atoms with van der Waals surface area (Å²) in [6.07, 6.45) is 3.48. The van der Waals surface area contributed by atoms with Crippen molar-refractivity contribution in [1.29, 1.82) is 5.26 Å². The molecule has 0 N–H and O–H groups in total. The van der Waals surface area contributed by atoms with Crippen LogP contribution in [0, 0.1) is 11.3 Å². The first-order valence-corrected chi connectivity index (χ1v) is 4.98. The van der Waals surface area contributed by atoms with E-state index in [1.165, 1.54) is 11.1 Å². The molecule has 0 saturated carbocycles. The Morgan fingerprint density at radius 3 is 3.14 bits per heavy atom. The highest BCUT2D eigenvalue weighted by Gasteiger charge is 2.19. The van der Waals surface area contributed by atoms with Gasteiger partial charge in [-0.05, 0) is 30.4 Å². The largest absolute Gasteiger partial charge is 0.359 e. The van der Waals surface area contributed by atoms with Crippen LogP contribution in [-0.4, -0.2) is 6.61 Å². The summed E-state index contributed by atoms with van der Waals surface area (Å²) in [6.45, 7) is 0.193. The topological polar surface area (TPSA) is 33.0 Å². The van der Waals surface area contributed by atoms with Crippen LogP contribution < -0.4 is 0 Å². The average Bonchev–Trinajstić information content (AvgIpc) is 2.26. The van der Waals surface area contributed by atoms with Gasteiger partial charge in [-0.25, -0.2) is 0 Å². The van der Waals surface area contributed by atoms with Crippen molar-refractivity contribution >= 4 is 0 Å². The number of hydrogen-bond donors (Lipinski definition) is 0. The van der Waals surface area contributed by atoms with Crippen LogP contribution in [0.5, 0.6) is 0 Å². The van der Waals surface area contributed by atoms with Crippen molar-refractivity contribution in [3.63, 3.8) is 0 Å². The molecule has 1 atom stereocenters. The Balaban J connectivity index is 2.18. The molecule has 0 amide bonds. The van der Waals surface area contributed by atoms with Crippen molar-refractivity contribution in [2.24, 2.45) is 0 Å². The number of nitrogens with zero attached hydrogens (tertiary/aromatic N) is 1. The average molecular weight is 187 g/mol. The van der Waals surface area contributed by atoms with Crippen LogP contribution in [0.3, 0.4) is 0 Å². The molecule has 1 aliphatic carbocycles. The zero-order chi connectivity index (χ0) is 9.80. The molecule has 1 unspecified atom stereocenters. The van der Waals surface area contributed by atoms with E-state index in [2.05, 4.69) is 18.2 Å². The molecule has 2 rings (SSSR count). The molecular weight excluding hydrogens is 174 g/mol. The molecule has 1 aromatic rings. The third kappa shape index (κ3) is 1.78. The number of nitriles is 1. The van der Waals surface area contributed by atoms with Gasteiger partial charge in [0, 0.05) is 0 Å². The number of ether oxygens (including phenoxy) is 1. The van der Waals surface area contributed by atoms with Crippen LogP contribution in [-0.2, 0) is 11.2 Å². The normalized spacial score (nSPS) is 19.8. The maximum Gasteiger partial charge on any atom is 0.134 e. The van der Waals surface area contributed by atoms with Gasteiger partial charge in [-0.1, -0.05) is 24.3 Å². The van der Waals surface area contributed by atoms with E-state index in [1.54, 1.807) is 0 Å². The van der Waals surface area contributed by atoms with Crippen LogP contribution in [0.4, 0.5) is 0 Å². The summed E-state index contributed by atoms with van der Waals surface area (Å²) in [5, 5.41) is 8.47. The first-order chi connectivity index (χ1) is 6.92. The van der Waals surface area contributed by atoms with E-state index in [9.17, 15) is 0 Å². The van der Waals surface area contributed by atoms with Crippen molar-refractivity contribution in [2.45, 2.75) is 25.4 Å². The van der Waals surface area contributed by atoms with Gasteiger partial charge >= 0.3 is 0 Å². The minimum atomic E-state index is 0.139. The van der Waals surface area contributed by atoms with Gasteiger partial charge in [0.25, 0.3) is 0 Å². The Kier molecular flexibility index (Phi) is 2.81. The third-order valence-corrected chi connectivity index (χ3v) is 2.66. The Labute approximate surface area is 84.1 Å². The minimum absolute atomic E-state index is 0.139. The first-order valence-electron chi connectivity index (χ1n) is 4.98. The molecule has 2 nitrogen and oxygen atoms in total. The summed E-state index contributed by atoms with van der Waals surface area (Å²) in [6, 6.07) is 10.4. The predicted octanol–water partition coefficient (Wildman–Crippen LogP) is 2.60. The predicted molar refractivity (Wildman–Crippen MR) is 53.7 cm³/mol. The van der Waals surface area contributed by atoms with Gasteiger partial charge < -0.3 is 4.74 Å². The molecule has 14 heavy (non-hydrogen) atoms. The van der Waals surface area contributed by atoms with Gasteiger partial charge in [0.15, 0.2) is 0 Å². The van der Waals surface area contributed by atoms with Crippen LogP contribution in [0.1, 0.15) is 30.1 Å². The van der Waals surface area contributed by atoms with E-state index in [4.69, 9.17) is 10.00 Å². The van der Waals surface area contributed by atoms with Gasteiger partial charge in [-0.2, -0.15) is 5.26 Å². The molecule has 0 bridgehead atoms. The Morgan fingerprint density at radius 1 is 1.43 bits per heavy atom. The number of rotatable bonds is 2. The highest BCUT2D eigenvalue weighted by Crippen LogP contribution is 2.31. The fraction of sp³-hybridized carbons (Fsp3) is 0.417. The lowest BCUT2D eigenvalue weighted by atomic mass is 9.89.